The molecule has 0 amide bonds. The minimum atomic E-state index is -0.302. The van der Waals surface area contributed by atoms with Gasteiger partial charge in [-0.2, -0.15) is 0 Å². The molecular weight excluding hydrogens is 232 g/mol. The lowest BCUT2D eigenvalue weighted by Crippen LogP contribution is -2.37. The predicted octanol–water partition coefficient (Wildman–Crippen LogP) is 2.29. The summed E-state index contributed by atoms with van der Waals surface area (Å²) >= 11 is 0. The van der Waals surface area contributed by atoms with Crippen molar-refractivity contribution in [3.8, 4) is 11.8 Å². The average molecular weight is 256 g/mol. The summed E-state index contributed by atoms with van der Waals surface area (Å²) in [4.78, 5) is 2.31. The molecule has 0 aromatic heterocycles. The standard InChI is InChI=1S/C17H24N2/c1-4-10-17(18)12-15(16(13-17)19(2)3)11-14-8-6-5-7-9-14/h5-9,15-16H,11-13,18H2,1-3H3. The van der Waals surface area contributed by atoms with E-state index in [0.29, 0.717) is 12.0 Å². The number of hydrogen-bond donors (Lipinski definition) is 1. The summed E-state index contributed by atoms with van der Waals surface area (Å²) in [5.74, 6) is 6.81. The summed E-state index contributed by atoms with van der Waals surface area (Å²) in [5.41, 5.74) is 7.54. The minimum Gasteiger partial charge on any atom is -0.315 e. The van der Waals surface area contributed by atoms with E-state index in [2.05, 4.69) is 61.2 Å². The monoisotopic (exact) mass is 256 g/mol. The van der Waals surface area contributed by atoms with Gasteiger partial charge >= 0.3 is 0 Å². The van der Waals surface area contributed by atoms with Gasteiger partial charge in [-0.3, -0.25) is 0 Å². The van der Waals surface area contributed by atoms with Gasteiger partial charge in [-0.15, -0.1) is 5.92 Å². The van der Waals surface area contributed by atoms with Crippen LogP contribution in [-0.4, -0.2) is 30.6 Å². The van der Waals surface area contributed by atoms with E-state index >= 15 is 0 Å². The van der Waals surface area contributed by atoms with Crippen molar-refractivity contribution in [3.05, 3.63) is 35.9 Å². The van der Waals surface area contributed by atoms with Crippen LogP contribution in [0.5, 0.6) is 0 Å². The second kappa shape index (κ2) is 5.77. The van der Waals surface area contributed by atoms with E-state index < -0.39 is 0 Å². The third-order valence-corrected chi connectivity index (χ3v) is 4.12. The average Bonchev–Trinajstić information content (AvgIpc) is 2.68. The van der Waals surface area contributed by atoms with Crippen molar-refractivity contribution in [2.75, 3.05) is 14.1 Å². The Balaban J connectivity index is 2.15. The van der Waals surface area contributed by atoms with Crippen LogP contribution in [0.1, 0.15) is 25.3 Å². The van der Waals surface area contributed by atoms with Gasteiger partial charge in [0.25, 0.3) is 0 Å². The third-order valence-electron chi connectivity index (χ3n) is 4.12. The lowest BCUT2D eigenvalue weighted by molar-refractivity contribution is 0.235. The molecule has 0 saturated heterocycles. The molecule has 2 heteroatoms. The molecule has 0 spiro atoms. The zero-order chi connectivity index (χ0) is 13.9. The number of nitrogens with zero attached hydrogens (tertiary/aromatic N) is 1. The molecule has 1 fully saturated rings. The van der Waals surface area contributed by atoms with Gasteiger partial charge in [-0.25, -0.2) is 0 Å². The van der Waals surface area contributed by atoms with Crippen LogP contribution in [0.2, 0.25) is 0 Å². The van der Waals surface area contributed by atoms with Crippen molar-refractivity contribution in [1.29, 1.82) is 0 Å². The van der Waals surface area contributed by atoms with Gasteiger partial charge in [-0.1, -0.05) is 36.3 Å². The van der Waals surface area contributed by atoms with Crippen LogP contribution < -0.4 is 5.73 Å². The van der Waals surface area contributed by atoms with E-state index in [1.807, 2.05) is 6.92 Å². The Morgan fingerprint density at radius 2 is 1.95 bits per heavy atom. The zero-order valence-corrected chi connectivity index (χ0v) is 12.2. The van der Waals surface area contributed by atoms with Gasteiger partial charge in [0, 0.05) is 6.04 Å². The maximum Gasteiger partial charge on any atom is 0.0794 e. The topological polar surface area (TPSA) is 29.3 Å². The van der Waals surface area contributed by atoms with E-state index in [4.69, 9.17) is 5.73 Å². The normalized spacial score (nSPS) is 30.2. The summed E-state index contributed by atoms with van der Waals surface area (Å²) in [5, 5.41) is 0. The molecule has 2 rings (SSSR count). The molecule has 1 aliphatic rings. The number of rotatable bonds is 3. The Labute approximate surface area is 117 Å². The molecule has 1 saturated carbocycles. The second-order valence-electron chi connectivity index (χ2n) is 5.92. The van der Waals surface area contributed by atoms with Gasteiger partial charge in [0.1, 0.15) is 0 Å². The third kappa shape index (κ3) is 3.37. The van der Waals surface area contributed by atoms with Gasteiger partial charge in [0.05, 0.1) is 5.54 Å². The smallest absolute Gasteiger partial charge is 0.0794 e. The van der Waals surface area contributed by atoms with Gasteiger partial charge in [0.2, 0.25) is 0 Å². The molecule has 0 bridgehead atoms. The Hall–Kier alpha value is -1.30. The van der Waals surface area contributed by atoms with Gasteiger partial charge in [-0.05, 0) is 51.8 Å². The van der Waals surface area contributed by atoms with Crippen LogP contribution in [-0.2, 0) is 6.42 Å². The zero-order valence-electron chi connectivity index (χ0n) is 12.2. The van der Waals surface area contributed by atoms with Crippen molar-refractivity contribution in [1.82, 2.24) is 4.90 Å². The highest BCUT2D eigenvalue weighted by molar-refractivity contribution is 5.23. The molecule has 3 unspecified atom stereocenters. The first-order chi connectivity index (χ1) is 9.04. The fourth-order valence-electron chi connectivity index (χ4n) is 3.31. The number of hydrogen-bond acceptors (Lipinski definition) is 2. The van der Waals surface area contributed by atoms with E-state index in [1.54, 1.807) is 0 Å². The summed E-state index contributed by atoms with van der Waals surface area (Å²) in [6.45, 7) is 1.88. The van der Waals surface area contributed by atoms with Crippen LogP contribution in [0, 0.1) is 17.8 Å². The SMILES string of the molecule is CC#CC1(N)CC(Cc2ccccc2)C(N(C)C)C1. The summed E-state index contributed by atoms with van der Waals surface area (Å²) in [7, 11) is 4.29. The van der Waals surface area contributed by atoms with Crippen molar-refractivity contribution in [2.45, 2.75) is 37.8 Å². The van der Waals surface area contributed by atoms with E-state index in [9.17, 15) is 0 Å². The Bertz CT molecular complexity index is 469. The lowest BCUT2D eigenvalue weighted by atomic mass is 9.92. The van der Waals surface area contributed by atoms with E-state index in [-0.39, 0.29) is 5.54 Å². The quantitative estimate of drug-likeness (QED) is 0.841. The van der Waals surface area contributed by atoms with Crippen molar-refractivity contribution in [3.63, 3.8) is 0 Å². The van der Waals surface area contributed by atoms with Crippen LogP contribution in [0.3, 0.4) is 0 Å². The summed E-state index contributed by atoms with van der Waals surface area (Å²) in [6, 6.07) is 11.2. The van der Waals surface area contributed by atoms with Crippen LogP contribution in [0.15, 0.2) is 30.3 Å². The lowest BCUT2D eigenvalue weighted by Gasteiger charge is -2.26. The molecule has 0 heterocycles. The summed E-state index contributed by atoms with van der Waals surface area (Å²) in [6.07, 6.45) is 3.05. The molecular formula is C17H24N2. The largest absolute Gasteiger partial charge is 0.315 e. The van der Waals surface area contributed by atoms with Gasteiger partial charge < -0.3 is 10.6 Å². The van der Waals surface area contributed by atoms with Crippen molar-refractivity contribution < 1.29 is 0 Å². The molecule has 3 atom stereocenters. The highest BCUT2D eigenvalue weighted by Gasteiger charge is 2.42. The van der Waals surface area contributed by atoms with E-state index in [0.717, 1.165) is 19.3 Å². The molecule has 2 nitrogen and oxygen atoms in total. The fourth-order valence-corrected chi connectivity index (χ4v) is 3.31. The van der Waals surface area contributed by atoms with Crippen LogP contribution >= 0.6 is 0 Å². The fraction of sp³-hybridized carbons (Fsp3) is 0.529. The Morgan fingerprint density at radius 1 is 1.26 bits per heavy atom. The van der Waals surface area contributed by atoms with Crippen LogP contribution in [0.4, 0.5) is 0 Å². The maximum absolute atomic E-state index is 6.44. The Morgan fingerprint density at radius 3 is 2.53 bits per heavy atom. The predicted molar refractivity (Wildman–Crippen MR) is 80.7 cm³/mol. The van der Waals surface area contributed by atoms with Crippen molar-refractivity contribution in [2.24, 2.45) is 11.7 Å². The molecule has 19 heavy (non-hydrogen) atoms. The molecule has 0 radical (unpaired) electrons. The molecule has 102 valence electrons. The van der Waals surface area contributed by atoms with E-state index in [1.165, 1.54) is 5.56 Å². The molecule has 0 aliphatic heterocycles. The molecule has 2 N–H and O–H groups in total. The first-order valence-corrected chi connectivity index (χ1v) is 6.97. The number of nitrogens with two attached hydrogens (primary N) is 1. The molecule has 1 aromatic rings. The van der Waals surface area contributed by atoms with Crippen molar-refractivity contribution >= 4 is 0 Å². The molecule has 1 aromatic carbocycles. The summed E-state index contributed by atoms with van der Waals surface area (Å²) < 4.78 is 0. The maximum atomic E-state index is 6.44. The van der Waals surface area contributed by atoms with Gasteiger partial charge in [0.15, 0.2) is 0 Å². The highest BCUT2D eigenvalue weighted by atomic mass is 15.1. The Kier molecular flexibility index (Phi) is 4.29. The first kappa shape index (κ1) is 14.1. The second-order valence-corrected chi connectivity index (χ2v) is 5.92. The first-order valence-electron chi connectivity index (χ1n) is 6.97. The molecule has 1 aliphatic carbocycles. The number of benzene rings is 1. The van der Waals surface area contributed by atoms with Crippen LogP contribution in [0.25, 0.3) is 0 Å². The highest BCUT2D eigenvalue weighted by Crippen LogP contribution is 2.37. The minimum absolute atomic E-state index is 0.302.